The molecule has 2 aromatic carbocycles. The molecule has 0 saturated heterocycles. The molecule has 1 unspecified atom stereocenters. The summed E-state index contributed by atoms with van der Waals surface area (Å²) in [6.45, 7) is 4.06. The Morgan fingerprint density at radius 3 is 2.16 bits per heavy atom. The van der Waals surface area contributed by atoms with Crippen molar-refractivity contribution in [3.8, 4) is 0 Å². The molecule has 0 aliphatic rings. The van der Waals surface area contributed by atoms with Crippen LogP contribution in [0.5, 0.6) is 0 Å². The topological polar surface area (TPSA) is 55.1 Å². The van der Waals surface area contributed by atoms with E-state index in [0.717, 1.165) is 22.4 Å². The van der Waals surface area contributed by atoms with E-state index in [0.29, 0.717) is 0 Å². The van der Waals surface area contributed by atoms with Crippen LogP contribution in [0.3, 0.4) is 0 Å². The highest BCUT2D eigenvalue weighted by Gasteiger charge is 2.17. The second-order valence-electron chi connectivity index (χ2n) is 4.77. The van der Waals surface area contributed by atoms with Crippen LogP contribution in [-0.4, -0.2) is 5.91 Å². The lowest BCUT2D eigenvalue weighted by Gasteiger charge is -2.18. The van der Waals surface area contributed by atoms with Gasteiger partial charge in [0.15, 0.2) is 0 Å². The van der Waals surface area contributed by atoms with Crippen molar-refractivity contribution in [1.29, 1.82) is 0 Å². The van der Waals surface area contributed by atoms with Crippen LogP contribution in [0.2, 0.25) is 0 Å². The molecule has 0 radical (unpaired) electrons. The molecule has 3 nitrogen and oxygen atoms in total. The van der Waals surface area contributed by atoms with Gasteiger partial charge in [-0.3, -0.25) is 4.79 Å². The van der Waals surface area contributed by atoms with Gasteiger partial charge in [-0.1, -0.05) is 36.4 Å². The van der Waals surface area contributed by atoms with Gasteiger partial charge in [0.25, 0.3) is 0 Å². The number of anilines is 1. The zero-order valence-electron chi connectivity index (χ0n) is 11.2. The van der Waals surface area contributed by atoms with Crippen LogP contribution in [0.4, 0.5) is 5.69 Å². The van der Waals surface area contributed by atoms with E-state index in [9.17, 15) is 4.79 Å². The van der Waals surface area contributed by atoms with Gasteiger partial charge in [0.05, 0.1) is 0 Å². The molecule has 19 heavy (non-hydrogen) atoms. The van der Waals surface area contributed by atoms with Gasteiger partial charge in [-0.2, -0.15) is 0 Å². The van der Waals surface area contributed by atoms with E-state index < -0.39 is 6.04 Å². The molecular weight excluding hydrogens is 236 g/mol. The molecular formula is C16H18N2O. The molecule has 0 bridgehead atoms. The highest BCUT2D eigenvalue weighted by molar-refractivity contribution is 5.84. The Morgan fingerprint density at radius 1 is 1.05 bits per heavy atom. The number of carbonyl (C=O) groups is 1. The lowest BCUT2D eigenvalue weighted by atomic mass is 10.1. The number of nitrogens with one attached hydrogen (secondary N) is 1. The number of hydrogen-bond acceptors (Lipinski definition) is 2. The number of hydrogen-bond donors (Lipinski definition) is 2. The molecule has 2 rings (SSSR count). The third-order valence-electron chi connectivity index (χ3n) is 2.95. The smallest absolute Gasteiger partial charge is 0.244 e. The lowest BCUT2D eigenvalue weighted by Crippen LogP contribution is -2.27. The van der Waals surface area contributed by atoms with Gasteiger partial charge in [0, 0.05) is 5.69 Å². The standard InChI is InChI=1S/C16H18N2O/c1-11-8-12(2)10-14(9-11)18-15(16(17)19)13-6-4-3-5-7-13/h3-10,15,18H,1-2H3,(H2,17,19). The molecule has 1 amide bonds. The predicted molar refractivity (Wildman–Crippen MR) is 77.9 cm³/mol. The highest BCUT2D eigenvalue weighted by atomic mass is 16.1. The third kappa shape index (κ3) is 3.35. The van der Waals surface area contributed by atoms with Crippen LogP contribution in [0.1, 0.15) is 22.7 Å². The van der Waals surface area contributed by atoms with Crippen LogP contribution in [0.15, 0.2) is 48.5 Å². The molecule has 0 fully saturated rings. The molecule has 2 aromatic rings. The summed E-state index contributed by atoms with van der Waals surface area (Å²) >= 11 is 0. The number of aryl methyl sites for hydroxylation is 2. The normalized spacial score (nSPS) is 11.9. The number of carbonyl (C=O) groups excluding carboxylic acids is 1. The van der Waals surface area contributed by atoms with Crippen molar-refractivity contribution >= 4 is 11.6 Å². The van der Waals surface area contributed by atoms with Crippen LogP contribution < -0.4 is 11.1 Å². The van der Waals surface area contributed by atoms with Gasteiger partial charge >= 0.3 is 0 Å². The number of benzene rings is 2. The van der Waals surface area contributed by atoms with Crippen molar-refractivity contribution in [3.05, 3.63) is 65.2 Å². The highest BCUT2D eigenvalue weighted by Crippen LogP contribution is 2.21. The van der Waals surface area contributed by atoms with Gasteiger partial charge in [-0.05, 0) is 42.7 Å². The van der Waals surface area contributed by atoms with Gasteiger partial charge < -0.3 is 11.1 Å². The molecule has 3 N–H and O–H groups in total. The molecule has 0 aromatic heterocycles. The van der Waals surface area contributed by atoms with E-state index in [-0.39, 0.29) is 5.91 Å². The first-order valence-electron chi connectivity index (χ1n) is 6.25. The fraction of sp³-hybridized carbons (Fsp3) is 0.188. The fourth-order valence-corrected chi connectivity index (χ4v) is 2.19. The van der Waals surface area contributed by atoms with Crippen molar-refractivity contribution in [2.24, 2.45) is 5.73 Å². The predicted octanol–water partition coefficient (Wildman–Crippen LogP) is 2.94. The Hall–Kier alpha value is -2.29. The van der Waals surface area contributed by atoms with Crippen LogP contribution in [-0.2, 0) is 4.79 Å². The Kier molecular flexibility index (Phi) is 3.85. The molecule has 1 atom stereocenters. The summed E-state index contributed by atoms with van der Waals surface area (Å²) in [6, 6.07) is 15.1. The molecule has 0 aliphatic heterocycles. The fourth-order valence-electron chi connectivity index (χ4n) is 2.19. The molecule has 0 heterocycles. The lowest BCUT2D eigenvalue weighted by molar-refractivity contribution is -0.118. The summed E-state index contributed by atoms with van der Waals surface area (Å²) < 4.78 is 0. The van der Waals surface area contributed by atoms with Crippen molar-refractivity contribution < 1.29 is 4.79 Å². The average molecular weight is 254 g/mol. The van der Waals surface area contributed by atoms with Gasteiger partial charge in [0.1, 0.15) is 6.04 Å². The van der Waals surface area contributed by atoms with Crippen molar-refractivity contribution in [1.82, 2.24) is 0 Å². The van der Waals surface area contributed by atoms with E-state index >= 15 is 0 Å². The maximum Gasteiger partial charge on any atom is 0.244 e. The van der Waals surface area contributed by atoms with E-state index in [2.05, 4.69) is 11.4 Å². The number of amides is 1. The summed E-state index contributed by atoms with van der Waals surface area (Å²) in [5.41, 5.74) is 9.57. The number of primary amides is 1. The Bertz CT molecular complexity index is 558. The second kappa shape index (κ2) is 5.57. The van der Waals surface area contributed by atoms with E-state index in [1.54, 1.807) is 0 Å². The molecule has 0 spiro atoms. The van der Waals surface area contributed by atoms with Gasteiger partial charge in [0.2, 0.25) is 5.91 Å². The Morgan fingerprint density at radius 2 is 1.63 bits per heavy atom. The maximum atomic E-state index is 11.6. The van der Waals surface area contributed by atoms with Crippen molar-refractivity contribution in [2.75, 3.05) is 5.32 Å². The minimum Gasteiger partial charge on any atom is -0.370 e. The minimum absolute atomic E-state index is 0.384. The maximum absolute atomic E-state index is 11.6. The quantitative estimate of drug-likeness (QED) is 0.881. The van der Waals surface area contributed by atoms with Crippen molar-refractivity contribution in [3.63, 3.8) is 0 Å². The molecule has 0 aliphatic carbocycles. The Balaban J connectivity index is 2.29. The summed E-state index contributed by atoms with van der Waals surface area (Å²) in [5.74, 6) is -0.384. The first kappa shape index (κ1) is 13.1. The zero-order chi connectivity index (χ0) is 13.8. The summed E-state index contributed by atoms with van der Waals surface area (Å²) in [6.07, 6.45) is 0. The first-order valence-corrected chi connectivity index (χ1v) is 6.25. The van der Waals surface area contributed by atoms with Crippen LogP contribution in [0.25, 0.3) is 0 Å². The summed E-state index contributed by atoms with van der Waals surface area (Å²) in [4.78, 5) is 11.6. The van der Waals surface area contributed by atoms with Gasteiger partial charge in [-0.25, -0.2) is 0 Å². The third-order valence-corrected chi connectivity index (χ3v) is 2.95. The summed E-state index contributed by atoms with van der Waals surface area (Å²) in [5, 5.41) is 3.20. The minimum atomic E-state index is -0.512. The summed E-state index contributed by atoms with van der Waals surface area (Å²) in [7, 11) is 0. The monoisotopic (exact) mass is 254 g/mol. The molecule has 0 saturated carbocycles. The van der Waals surface area contributed by atoms with E-state index in [1.807, 2.05) is 56.3 Å². The SMILES string of the molecule is Cc1cc(C)cc(NC(C(N)=O)c2ccccc2)c1. The van der Waals surface area contributed by atoms with Crippen LogP contribution in [0, 0.1) is 13.8 Å². The van der Waals surface area contributed by atoms with E-state index in [1.165, 1.54) is 0 Å². The number of nitrogens with two attached hydrogens (primary N) is 1. The zero-order valence-corrected chi connectivity index (χ0v) is 11.2. The van der Waals surface area contributed by atoms with Gasteiger partial charge in [-0.15, -0.1) is 0 Å². The van der Waals surface area contributed by atoms with Crippen molar-refractivity contribution in [2.45, 2.75) is 19.9 Å². The largest absolute Gasteiger partial charge is 0.370 e. The van der Waals surface area contributed by atoms with Crippen LogP contribution >= 0.6 is 0 Å². The average Bonchev–Trinajstić information content (AvgIpc) is 2.35. The van der Waals surface area contributed by atoms with E-state index in [4.69, 9.17) is 5.73 Å². The number of rotatable bonds is 4. The second-order valence-corrected chi connectivity index (χ2v) is 4.77. The first-order chi connectivity index (χ1) is 9.06. The molecule has 3 heteroatoms. The molecule has 98 valence electrons. The Labute approximate surface area is 113 Å².